The van der Waals surface area contributed by atoms with E-state index in [9.17, 15) is 22.8 Å². The summed E-state index contributed by atoms with van der Waals surface area (Å²) in [4.78, 5) is 27.6. The lowest BCUT2D eigenvalue weighted by atomic mass is 10.0. The number of methoxy groups -OCH3 is 1. The van der Waals surface area contributed by atoms with Gasteiger partial charge in [-0.05, 0) is 53.2 Å². The van der Waals surface area contributed by atoms with Crippen molar-refractivity contribution in [3.8, 4) is 34.0 Å². The molecule has 1 atom stereocenters. The number of tetrazole rings is 1. The number of ether oxygens (including phenoxy) is 1. The van der Waals surface area contributed by atoms with E-state index in [4.69, 9.17) is 16.3 Å². The highest BCUT2D eigenvalue weighted by molar-refractivity contribution is 6.31. The number of carbonyl (C=O) groups is 1. The molecule has 6 aromatic rings. The number of hydrogen-bond acceptors (Lipinski definition) is 8. The number of rotatable bonds is 9. The molecule has 0 aliphatic heterocycles. The van der Waals surface area contributed by atoms with Crippen LogP contribution in [0.1, 0.15) is 17.3 Å². The first kappa shape index (κ1) is 31.2. The number of aromatic amines is 1. The molecule has 0 radical (unpaired) electrons. The highest BCUT2D eigenvalue weighted by Gasteiger charge is 2.35. The number of aromatic nitrogens is 8. The van der Waals surface area contributed by atoms with Gasteiger partial charge in [0, 0.05) is 39.9 Å². The van der Waals surface area contributed by atoms with Crippen molar-refractivity contribution in [1.29, 1.82) is 0 Å². The van der Waals surface area contributed by atoms with Crippen molar-refractivity contribution in [2.45, 2.75) is 18.6 Å². The second-order valence-corrected chi connectivity index (χ2v) is 10.7. The van der Waals surface area contributed by atoms with Crippen LogP contribution in [0.15, 0.2) is 96.1 Å². The third-order valence-corrected chi connectivity index (χ3v) is 7.44. The van der Waals surface area contributed by atoms with Crippen LogP contribution in [0, 0.1) is 0 Å². The van der Waals surface area contributed by atoms with Crippen LogP contribution in [-0.2, 0) is 17.4 Å². The van der Waals surface area contributed by atoms with E-state index < -0.39 is 29.4 Å². The van der Waals surface area contributed by atoms with Gasteiger partial charge in [-0.25, -0.2) is 4.68 Å². The fourth-order valence-electron chi connectivity index (χ4n) is 4.95. The van der Waals surface area contributed by atoms with E-state index in [0.29, 0.717) is 17.1 Å². The van der Waals surface area contributed by atoms with Crippen molar-refractivity contribution in [2.24, 2.45) is 0 Å². The number of pyridine rings is 1. The summed E-state index contributed by atoms with van der Waals surface area (Å²) in [7, 11) is 1.37. The Balaban J connectivity index is 1.39. The van der Waals surface area contributed by atoms with Gasteiger partial charge in [-0.2, -0.15) is 18.4 Å². The van der Waals surface area contributed by atoms with Crippen LogP contribution in [0.4, 0.5) is 18.9 Å². The molecular formula is C31H23ClF3N9O3. The molecule has 0 aliphatic carbocycles. The topological polar surface area (TPSA) is 146 Å². The normalized spacial score (nSPS) is 12.1. The molecule has 0 bridgehead atoms. The Bertz CT molecular complexity index is 2080. The van der Waals surface area contributed by atoms with Crippen LogP contribution >= 0.6 is 11.6 Å². The Hall–Kier alpha value is -5.83. The van der Waals surface area contributed by atoms with E-state index >= 15 is 0 Å². The van der Waals surface area contributed by atoms with Crippen molar-refractivity contribution in [2.75, 3.05) is 12.4 Å². The number of nitrogens with zero attached hydrogens (tertiary/aromatic N) is 7. The molecule has 0 saturated carbocycles. The lowest BCUT2D eigenvalue weighted by Gasteiger charge is -2.22. The van der Waals surface area contributed by atoms with E-state index in [1.807, 2.05) is 30.3 Å². The number of amides is 1. The van der Waals surface area contributed by atoms with E-state index in [2.05, 4.69) is 36.3 Å². The molecule has 0 saturated heterocycles. The summed E-state index contributed by atoms with van der Waals surface area (Å²) >= 11 is 6.28. The molecule has 238 valence electrons. The maximum atomic E-state index is 13.8. The molecule has 3 heterocycles. The van der Waals surface area contributed by atoms with Gasteiger partial charge in [0.1, 0.15) is 11.8 Å². The molecule has 6 rings (SSSR count). The van der Waals surface area contributed by atoms with Crippen molar-refractivity contribution in [3.63, 3.8) is 0 Å². The molecule has 3 aromatic heterocycles. The molecule has 47 heavy (non-hydrogen) atoms. The first-order chi connectivity index (χ1) is 22.6. The molecule has 1 unspecified atom stereocenters. The van der Waals surface area contributed by atoms with E-state index in [-0.39, 0.29) is 34.0 Å². The number of nitrogens with one attached hydrogen (secondary N) is 2. The van der Waals surface area contributed by atoms with Crippen LogP contribution in [0.5, 0.6) is 5.75 Å². The summed E-state index contributed by atoms with van der Waals surface area (Å²) < 4.78 is 47.7. The minimum Gasteiger partial charge on any atom is -0.495 e. The highest BCUT2D eigenvalue weighted by atomic mass is 35.5. The fourth-order valence-corrected chi connectivity index (χ4v) is 5.12. The number of anilines is 1. The Morgan fingerprint density at radius 1 is 1.00 bits per heavy atom. The van der Waals surface area contributed by atoms with Gasteiger partial charge in [0.05, 0.1) is 25.2 Å². The predicted octanol–water partition coefficient (Wildman–Crippen LogP) is 5.38. The van der Waals surface area contributed by atoms with Crippen LogP contribution in [0.25, 0.3) is 28.2 Å². The number of alkyl halides is 3. The molecular weight excluding hydrogens is 639 g/mol. The molecule has 0 aliphatic rings. The lowest BCUT2D eigenvalue weighted by molar-refractivity contribution is -0.141. The largest absolute Gasteiger partial charge is 0.495 e. The monoisotopic (exact) mass is 661 g/mol. The maximum Gasteiger partial charge on any atom is 0.436 e. The van der Waals surface area contributed by atoms with Gasteiger partial charge in [-0.15, -0.1) is 15.3 Å². The molecule has 2 N–H and O–H groups in total. The smallest absolute Gasteiger partial charge is 0.436 e. The van der Waals surface area contributed by atoms with Gasteiger partial charge in [0.15, 0.2) is 5.69 Å². The third kappa shape index (κ3) is 6.74. The van der Waals surface area contributed by atoms with E-state index in [1.165, 1.54) is 42.1 Å². The SMILES string of the molecule is COc1cn(C(Cc2ccccc2)C(=O)Nc2ccc(-c3nn[nH]n3)cc2)c(=O)cc1-c1cc(Cl)ccc1-n1cc(C(F)(F)F)nn1. The van der Waals surface area contributed by atoms with Crippen molar-refractivity contribution in [1.82, 2.24) is 40.2 Å². The molecule has 0 fully saturated rings. The number of hydrogen-bond donors (Lipinski definition) is 2. The first-order valence-corrected chi connectivity index (χ1v) is 14.3. The van der Waals surface area contributed by atoms with E-state index in [1.54, 1.807) is 24.3 Å². The van der Waals surface area contributed by atoms with Crippen molar-refractivity contribution < 1.29 is 22.7 Å². The Kier molecular flexibility index (Phi) is 8.54. The van der Waals surface area contributed by atoms with Gasteiger partial charge in [-0.1, -0.05) is 47.1 Å². The number of H-pyrrole nitrogens is 1. The maximum absolute atomic E-state index is 13.8. The minimum atomic E-state index is -4.71. The summed E-state index contributed by atoms with van der Waals surface area (Å²) in [6.07, 6.45) is -2.45. The number of halogens is 4. The summed E-state index contributed by atoms with van der Waals surface area (Å²) in [5.41, 5.74) is 0.787. The molecule has 16 heteroatoms. The second-order valence-electron chi connectivity index (χ2n) is 10.2. The number of carbonyl (C=O) groups excluding carboxylic acids is 1. The molecule has 3 aromatic carbocycles. The molecule has 1 amide bonds. The van der Waals surface area contributed by atoms with Crippen LogP contribution in [0.3, 0.4) is 0 Å². The molecule has 12 nitrogen and oxygen atoms in total. The molecule has 0 spiro atoms. The quantitative estimate of drug-likeness (QED) is 0.210. The predicted molar refractivity (Wildman–Crippen MR) is 165 cm³/mol. The minimum absolute atomic E-state index is 0.150. The van der Waals surface area contributed by atoms with Crippen LogP contribution < -0.4 is 15.6 Å². The zero-order chi connectivity index (χ0) is 33.1. The fraction of sp³-hybridized carbons (Fsp3) is 0.129. The summed E-state index contributed by atoms with van der Waals surface area (Å²) in [6, 6.07) is 20.5. The highest BCUT2D eigenvalue weighted by Crippen LogP contribution is 2.36. The third-order valence-electron chi connectivity index (χ3n) is 7.21. The van der Waals surface area contributed by atoms with Crippen molar-refractivity contribution >= 4 is 23.2 Å². The van der Waals surface area contributed by atoms with Gasteiger partial charge < -0.3 is 10.1 Å². The first-order valence-electron chi connectivity index (χ1n) is 13.9. The Morgan fingerprint density at radius 2 is 1.77 bits per heavy atom. The zero-order valence-electron chi connectivity index (χ0n) is 24.3. The van der Waals surface area contributed by atoms with Gasteiger partial charge >= 0.3 is 6.18 Å². The number of benzene rings is 3. The Labute approximate surface area is 268 Å². The average Bonchev–Trinajstić information content (AvgIpc) is 3.78. The van der Waals surface area contributed by atoms with Gasteiger partial charge in [-0.3, -0.25) is 14.2 Å². The van der Waals surface area contributed by atoms with Gasteiger partial charge in [0.2, 0.25) is 11.7 Å². The average molecular weight is 662 g/mol. The van der Waals surface area contributed by atoms with Gasteiger partial charge in [0.25, 0.3) is 5.56 Å². The van der Waals surface area contributed by atoms with Crippen molar-refractivity contribution in [3.05, 3.63) is 118 Å². The summed E-state index contributed by atoms with van der Waals surface area (Å²) in [5.74, 6) is 0.0550. The summed E-state index contributed by atoms with van der Waals surface area (Å²) in [6.45, 7) is 0. The second kappa shape index (κ2) is 12.9. The zero-order valence-corrected chi connectivity index (χ0v) is 25.1. The standard InChI is InChI=1S/C31H23ClF3N9O3/c1-47-26-16-43(28(45)15-23(26)22-14-20(32)9-12-24(22)44-17-27(37-42-44)31(33,34)35)25(13-18-5-3-2-4-6-18)30(46)36-21-10-7-19(8-11-21)29-38-40-41-39-29/h2-12,14-17,25H,13H2,1H3,(H,36,46)(H,38,39,40,41). The van der Waals surface area contributed by atoms with Crippen LogP contribution in [0.2, 0.25) is 5.02 Å². The van der Waals surface area contributed by atoms with E-state index in [0.717, 1.165) is 16.4 Å². The summed E-state index contributed by atoms with van der Waals surface area (Å²) in [5, 5.41) is 23.8. The lowest BCUT2D eigenvalue weighted by Crippen LogP contribution is -2.34. The van der Waals surface area contributed by atoms with Crippen LogP contribution in [-0.4, -0.2) is 53.2 Å². The Morgan fingerprint density at radius 3 is 2.43 bits per heavy atom.